The number of rotatable bonds is 8. The molecule has 28 heavy (non-hydrogen) atoms. The molecule has 7 nitrogen and oxygen atoms in total. The van der Waals surface area contributed by atoms with Crippen molar-refractivity contribution in [2.24, 2.45) is 5.92 Å². The number of carbonyl (C=O) groups is 1. The zero-order valence-corrected chi connectivity index (χ0v) is 16.3. The molecule has 0 radical (unpaired) electrons. The first-order valence-corrected chi connectivity index (χ1v) is 8.88. The van der Waals surface area contributed by atoms with E-state index >= 15 is 0 Å². The van der Waals surface area contributed by atoms with Crippen molar-refractivity contribution in [1.29, 1.82) is 5.26 Å². The van der Waals surface area contributed by atoms with Gasteiger partial charge in [-0.05, 0) is 56.5 Å². The maximum absolute atomic E-state index is 10.9. The Morgan fingerprint density at radius 2 is 2.21 bits per heavy atom. The molecule has 1 aromatic carbocycles. The van der Waals surface area contributed by atoms with E-state index in [1.165, 1.54) is 0 Å². The van der Waals surface area contributed by atoms with Crippen LogP contribution in [0.3, 0.4) is 0 Å². The second kappa shape index (κ2) is 9.00. The van der Waals surface area contributed by atoms with E-state index in [4.69, 9.17) is 9.84 Å². The van der Waals surface area contributed by atoms with Crippen LogP contribution in [0.1, 0.15) is 38.6 Å². The average Bonchev–Trinajstić information content (AvgIpc) is 2.64. The minimum absolute atomic E-state index is 0.0880. The summed E-state index contributed by atoms with van der Waals surface area (Å²) in [5.74, 6) is 1.09. The Balaban J connectivity index is 2.09. The molecule has 146 valence electrons. The first-order chi connectivity index (χ1) is 13.2. The lowest BCUT2D eigenvalue weighted by molar-refractivity contribution is 0.169. The third-order valence-electron chi connectivity index (χ3n) is 4.08. The number of carboxylic acid groups (broad SMARTS) is 1. The van der Waals surface area contributed by atoms with Crippen molar-refractivity contribution < 1.29 is 14.6 Å². The van der Waals surface area contributed by atoms with Gasteiger partial charge in [0.05, 0.1) is 17.9 Å². The second-order valence-corrected chi connectivity index (χ2v) is 7.26. The van der Waals surface area contributed by atoms with E-state index in [-0.39, 0.29) is 5.92 Å². The number of nitriles is 1. The first kappa shape index (κ1) is 20.9. The van der Waals surface area contributed by atoms with E-state index in [0.29, 0.717) is 35.9 Å². The topological polar surface area (TPSA) is 108 Å². The maximum Gasteiger partial charge on any atom is 0.405 e. The van der Waals surface area contributed by atoms with Crippen LogP contribution in [0.15, 0.2) is 37.0 Å². The van der Waals surface area contributed by atoms with Crippen molar-refractivity contribution in [1.82, 2.24) is 15.3 Å². The molecule has 2 rings (SSSR count). The molecule has 0 aliphatic carbocycles. The molecule has 2 N–H and O–H groups in total. The Hall–Kier alpha value is -3.40. The van der Waals surface area contributed by atoms with Crippen LogP contribution in [0.2, 0.25) is 0 Å². The van der Waals surface area contributed by atoms with Crippen LogP contribution in [0.25, 0.3) is 17.3 Å². The summed E-state index contributed by atoms with van der Waals surface area (Å²) < 4.78 is 5.83. The summed E-state index contributed by atoms with van der Waals surface area (Å²) in [6, 6.07) is 9.23. The molecule has 0 aliphatic rings. The minimum Gasteiger partial charge on any atom is -0.492 e. The molecule has 0 aliphatic heterocycles. The predicted molar refractivity (Wildman–Crippen MR) is 107 cm³/mol. The molecule has 0 saturated heterocycles. The fraction of sp³-hybridized carbons (Fsp3) is 0.333. The van der Waals surface area contributed by atoms with Crippen molar-refractivity contribution in [3.05, 3.63) is 48.4 Å². The van der Waals surface area contributed by atoms with Crippen LogP contribution in [0.4, 0.5) is 4.79 Å². The predicted octanol–water partition coefficient (Wildman–Crippen LogP) is 4.11. The van der Waals surface area contributed by atoms with Crippen molar-refractivity contribution in [2.45, 2.75) is 32.7 Å². The summed E-state index contributed by atoms with van der Waals surface area (Å²) in [5.41, 5.74) is 1.33. The Labute approximate surface area is 164 Å². The lowest BCUT2D eigenvalue weighted by Gasteiger charge is -2.28. The van der Waals surface area contributed by atoms with Crippen LogP contribution in [0, 0.1) is 17.2 Å². The molecule has 0 unspecified atom stereocenters. The first-order valence-electron chi connectivity index (χ1n) is 8.88. The molecule has 1 heterocycles. The van der Waals surface area contributed by atoms with Gasteiger partial charge in [0.15, 0.2) is 5.82 Å². The lowest BCUT2D eigenvalue weighted by Crippen LogP contribution is -2.44. The van der Waals surface area contributed by atoms with E-state index in [1.807, 2.05) is 26.8 Å². The van der Waals surface area contributed by atoms with Crippen LogP contribution >= 0.6 is 0 Å². The number of hydrogen-bond acceptors (Lipinski definition) is 5. The summed E-state index contributed by atoms with van der Waals surface area (Å²) in [5, 5.41) is 20.9. The van der Waals surface area contributed by atoms with Crippen LogP contribution in [0.5, 0.6) is 5.75 Å². The van der Waals surface area contributed by atoms with Crippen LogP contribution in [-0.2, 0) is 0 Å². The molecule has 0 fully saturated rings. The maximum atomic E-state index is 10.9. The van der Waals surface area contributed by atoms with Gasteiger partial charge in [0.1, 0.15) is 11.8 Å². The average molecular weight is 380 g/mol. The van der Waals surface area contributed by atoms with Crippen molar-refractivity contribution in [3.8, 4) is 23.1 Å². The molecular formula is C21H24N4O3. The summed E-state index contributed by atoms with van der Waals surface area (Å²) in [6.45, 7) is 9.66. The third-order valence-corrected chi connectivity index (χ3v) is 4.08. The van der Waals surface area contributed by atoms with Gasteiger partial charge in [-0.25, -0.2) is 14.8 Å². The Morgan fingerprint density at radius 1 is 1.46 bits per heavy atom. The number of nitrogens with zero attached hydrogens (tertiary/aromatic N) is 3. The molecular weight excluding hydrogens is 356 g/mol. The van der Waals surface area contributed by atoms with Gasteiger partial charge < -0.3 is 15.2 Å². The van der Waals surface area contributed by atoms with Gasteiger partial charge in [0, 0.05) is 17.3 Å². The molecule has 1 aromatic heterocycles. The summed E-state index contributed by atoms with van der Waals surface area (Å²) in [4.78, 5) is 19.3. The van der Waals surface area contributed by atoms with Crippen LogP contribution in [-0.4, -0.2) is 33.3 Å². The number of nitrogens with one attached hydrogen (secondary N) is 1. The zero-order chi connectivity index (χ0) is 20.7. The largest absolute Gasteiger partial charge is 0.492 e. The number of amides is 1. The minimum atomic E-state index is -1.05. The molecule has 7 heteroatoms. The highest BCUT2D eigenvalue weighted by Crippen LogP contribution is 2.26. The van der Waals surface area contributed by atoms with Crippen molar-refractivity contribution >= 4 is 12.2 Å². The smallest absolute Gasteiger partial charge is 0.405 e. The highest BCUT2D eigenvalue weighted by atomic mass is 16.5. The number of ether oxygens (including phenoxy) is 1. The van der Waals surface area contributed by atoms with Gasteiger partial charge in [-0.3, -0.25) is 0 Å². The van der Waals surface area contributed by atoms with E-state index in [0.717, 1.165) is 5.56 Å². The van der Waals surface area contributed by atoms with Gasteiger partial charge in [0.25, 0.3) is 0 Å². The molecule has 1 amide bonds. The Kier molecular flexibility index (Phi) is 6.72. The Bertz CT molecular complexity index is 903. The van der Waals surface area contributed by atoms with Crippen molar-refractivity contribution in [3.63, 3.8) is 0 Å². The number of hydrogen-bond donors (Lipinski definition) is 2. The highest BCUT2D eigenvalue weighted by Gasteiger charge is 2.23. The quantitative estimate of drug-likeness (QED) is 0.713. The number of aromatic nitrogens is 2. The summed E-state index contributed by atoms with van der Waals surface area (Å²) in [6.07, 6.45) is 2.76. The lowest BCUT2D eigenvalue weighted by atomic mass is 9.92. The summed E-state index contributed by atoms with van der Waals surface area (Å²) >= 11 is 0. The van der Waals surface area contributed by atoms with E-state index in [1.54, 1.807) is 30.5 Å². The normalized spacial score (nSPS) is 11.9. The molecule has 0 spiro atoms. The third kappa shape index (κ3) is 5.81. The number of benzene rings is 1. The van der Waals surface area contributed by atoms with Crippen LogP contribution < -0.4 is 10.1 Å². The Morgan fingerprint density at radius 3 is 2.86 bits per heavy atom. The molecule has 0 bridgehead atoms. The van der Waals surface area contributed by atoms with Gasteiger partial charge in [-0.2, -0.15) is 5.26 Å². The van der Waals surface area contributed by atoms with E-state index < -0.39 is 11.6 Å². The van der Waals surface area contributed by atoms with E-state index in [9.17, 15) is 10.1 Å². The van der Waals surface area contributed by atoms with Crippen molar-refractivity contribution in [2.75, 3.05) is 6.61 Å². The molecule has 1 atom stereocenters. The fourth-order valence-corrected chi connectivity index (χ4v) is 3.04. The zero-order valence-electron chi connectivity index (χ0n) is 16.3. The SMILES string of the molecule is C=Cc1nccc(-c2ccc(OC[C@@H](C)CC(C)(C)NC(=O)O)c(C#N)c2)n1. The van der Waals surface area contributed by atoms with E-state index in [2.05, 4.69) is 27.9 Å². The fourth-order valence-electron chi connectivity index (χ4n) is 3.04. The summed E-state index contributed by atoms with van der Waals surface area (Å²) in [7, 11) is 0. The van der Waals surface area contributed by atoms with Gasteiger partial charge in [0.2, 0.25) is 0 Å². The monoisotopic (exact) mass is 380 g/mol. The van der Waals surface area contributed by atoms with Gasteiger partial charge in [-0.15, -0.1) is 0 Å². The second-order valence-electron chi connectivity index (χ2n) is 7.26. The standard InChI is InChI=1S/C21H24N4O3/c1-5-19-23-9-8-17(24-19)15-6-7-18(16(10-15)12-22)28-13-14(2)11-21(3,4)25-20(26)27/h5-10,14,25H,1,11,13H2,2-4H3,(H,26,27)/t14-/m0/s1. The highest BCUT2D eigenvalue weighted by molar-refractivity contribution is 5.65. The van der Waals surface area contributed by atoms with Gasteiger partial charge in [-0.1, -0.05) is 13.5 Å². The molecule has 0 saturated carbocycles. The van der Waals surface area contributed by atoms with Gasteiger partial charge >= 0.3 is 6.09 Å². The molecule has 2 aromatic rings.